The van der Waals surface area contributed by atoms with E-state index in [1.165, 1.54) is 48.5 Å². The maximum Gasteiger partial charge on any atom is 0.340 e. The Morgan fingerprint density at radius 3 is 1.12 bits per heavy atom. The minimum atomic E-state index is -1.46. The quantitative estimate of drug-likeness (QED) is 0.119. The van der Waals surface area contributed by atoms with Crippen molar-refractivity contribution in [1.82, 2.24) is 0 Å². The highest BCUT2D eigenvalue weighted by Gasteiger charge is 2.31. The largest absolute Gasteiger partial charge is 0.508 e. The van der Waals surface area contributed by atoms with E-state index in [9.17, 15) is 40.2 Å². The van der Waals surface area contributed by atoms with Crippen molar-refractivity contribution in [3.8, 4) is 56.8 Å². The lowest BCUT2D eigenvalue weighted by Gasteiger charge is -2.22. The Kier molecular flexibility index (Phi) is 6.47. The lowest BCUT2D eigenvalue weighted by atomic mass is 9.91. The zero-order valence-corrected chi connectivity index (χ0v) is 22.1. The fraction of sp³-hybridized carbons (Fsp3) is 0. The first-order valence-corrected chi connectivity index (χ1v) is 13.0. The summed E-state index contributed by atoms with van der Waals surface area (Å²) in [6, 6.07) is 23.9. The van der Waals surface area contributed by atoms with E-state index in [0.29, 0.717) is 0 Å². The predicted octanol–water partition coefficient (Wildman–Crippen LogP) is 7.34. The number of carboxylic acids is 2. The van der Waals surface area contributed by atoms with Crippen LogP contribution in [0.15, 0.2) is 97.1 Å². The SMILES string of the molecule is O=C(O)c1c(-c2ccc(O)cc2)c(O)c2ccccc2c1Oc1c(C(=O)O)c(-c2ccc(O)cc2)c(O)c2ccccc12. The molecule has 0 atom stereocenters. The molecule has 43 heavy (non-hydrogen) atoms. The summed E-state index contributed by atoms with van der Waals surface area (Å²) < 4.78 is 6.39. The molecule has 0 saturated carbocycles. The van der Waals surface area contributed by atoms with Gasteiger partial charge in [0.2, 0.25) is 0 Å². The molecule has 6 aromatic rings. The molecular weight excluding hydrogens is 552 g/mol. The molecule has 0 aliphatic rings. The first-order chi connectivity index (χ1) is 20.7. The van der Waals surface area contributed by atoms with Crippen molar-refractivity contribution < 1.29 is 45.0 Å². The number of aromatic carboxylic acids is 2. The van der Waals surface area contributed by atoms with Crippen LogP contribution in [-0.4, -0.2) is 42.6 Å². The summed E-state index contributed by atoms with van der Waals surface area (Å²) in [5.74, 6) is -4.22. The summed E-state index contributed by atoms with van der Waals surface area (Å²) in [6.45, 7) is 0. The van der Waals surface area contributed by atoms with Crippen LogP contribution < -0.4 is 4.74 Å². The Labute approximate surface area is 243 Å². The Bertz CT molecular complexity index is 1930. The summed E-state index contributed by atoms with van der Waals surface area (Å²) in [6.07, 6.45) is 0. The van der Waals surface area contributed by atoms with Crippen molar-refractivity contribution in [2.24, 2.45) is 0 Å². The number of rotatable bonds is 6. The average Bonchev–Trinajstić information content (AvgIpc) is 3.00. The van der Waals surface area contributed by atoms with E-state index in [4.69, 9.17) is 4.74 Å². The molecule has 0 saturated heterocycles. The zero-order chi connectivity index (χ0) is 30.4. The molecule has 0 aliphatic heterocycles. The van der Waals surface area contributed by atoms with E-state index in [0.717, 1.165) is 0 Å². The third kappa shape index (κ3) is 4.45. The van der Waals surface area contributed by atoms with E-state index >= 15 is 0 Å². The molecule has 0 aliphatic carbocycles. The van der Waals surface area contributed by atoms with Crippen LogP contribution in [0.25, 0.3) is 43.8 Å². The second-order valence-electron chi connectivity index (χ2n) is 9.75. The Morgan fingerprint density at radius 2 is 0.791 bits per heavy atom. The highest BCUT2D eigenvalue weighted by Crippen LogP contribution is 2.51. The minimum Gasteiger partial charge on any atom is -0.508 e. The lowest BCUT2D eigenvalue weighted by molar-refractivity contribution is 0.0688. The molecule has 6 rings (SSSR count). The number of carboxylic acid groups (broad SMARTS) is 2. The van der Waals surface area contributed by atoms with E-state index in [-0.39, 0.29) is 78.3 Å². The van der Waals surface area contributed by atoms with Gasteiger partial charge in [0, 0.05) is 32.7 Å². The normalized spacial score (nSPS) is 11.1. The number of benzene rings is 6. The first-order valence-electron chi connectivity index (χ1n) is 13.0. The molecule has 9 heteroatoms. The topological polar surface area (TPSA) is 165 Å². The molecular formula is C34H22O9. The van der Waals surface area contributed by atoms with E-state index < -0.39 is 23.1 Å². The Hall–Kier alpha value is -6.22. The van der Waals surface area contributed by atoms with E-state index in [2.05, 4.69) is 0 Å². The fourth-order valence-electron chi connectivity index (χ4n) is 5.32. The average molecular weight is 575 g/mol. The van der Waals surface area contributed by atoms with Crippen molar-refractivity contribution in [2.45, 2.75) is 0 Å². The van der Waals surface area contributed by atoms with Crippen molar-refractivity contribution in [3.63, 3.8) is 0 Å². The van der Waals surface area contributed by atoms with Gasteiger partial charge in [0.1, 0.15) is 34.1 Å². The van der Waals surface area contributed by atoms with Gasteiger partial charge in [-0.05, 0) is 35.4 Å². The van der Waals surface area contributed by atoms with Gasteiger partial charge in [0.15, 0.2) is 11.5 Å². The van der Waals surface area contributed by atoms with Gasteiger partial charge in [-0.25, -0.2) is 9.59 Å². The second kappa shape index (κ2) is 10.3. The number of phenolic OH excluding ortho intramolecular Hbond substituents is 4. The number of carbonyl (C=O) groups is 2. The van der Waals surface area contributed by atoms with Gasteiger partial charge in [0.05, 0.1) is 0 Å². The number of hydrogen-bond donors (Lipinski definition) is 6. The summed E-state index contributed by atoms with van der Waals surface area (Å²) in [4.78, 5) is 25.8. The van der Waals surface area contributed by atoms with Gasteiger partial charge >= 0.3 is 11.9 Å². The van der Waals surface area contributed by atoms with Crippen molar-refractivity contribution in [3.05, 3.63) is 108 Å². The van der Waals surface area contributed by atoms with Crippen LogP contribution in [0.1, 0.15) is 20.7 Å². The van der Waals surface area contributed by atoms with Crippen molar-refractivity contribution in [1.29, 1.82) is 0 Å². The number of ether oxygens (including phenoxy) is 1. The van der Waals surface area contributed by atoms with Crippen LogP contribution in [0.3, 0.4) is 0 Å². The van der Waals surface area contributed by atoms with Gasteiger partial charge in [-0.15, -0.1) is 0 Å². The van der Waals surface area contributed by atoms with Gasteiger partial charge in [-0.3, -0.25) is 0 Å². The molecule has 0 unspecified atom stereocenters. The molecule has 0 amide bonds. The summed E-state index contributed by atoms with van der Waals surface area (Å²) >= 11 is 0. The highest BCUT2D eigenvalue weighted by molar-refractivity contribution is 6.14. The third-order valence-electron chi connectivity index (χ3n) is 7.23. The van der Waals surface area contributed by atoms with Gasteiger partial charge < -0.3 is 35.4 Å². The second-order valence-corrected chi connectivity index (χ2v) is 9.75. The first kappa shape index (κ1) is 27.0. The van der Waals surface area contributed by atoms with E-state index in [1.54, 1.807) is 48.5 Å². The monoisotopic (exact) mass is 574 g/mol. The lowest BCUT2D eigenvalue weighted by Crippen LogP contribution is -2.08. The number of aromatic hydroxyl groups is 4. The maximum absolute atomic E-state index is 12.9. The minimum absolute atomic E-state index is 0.0687. The smallest absolute Gasteiger partial charge is 0.340 e. The summed E-state index contributed by atoms with van der Waals surface area (Å²) in [5.41, 5.74) is -0.549. The molecule has 9 nitrogen and oxygen atoms in total. The number of fused-ring (bicyclic) bond motifs is 2. The third-order valence-corrected chi connectivity index (χ3v) is 7.23. The van der Waals surface area contributed by atoms with Crippen molar-refractivity contribution in [2.75, 3.05) is 0 Å². The number of phenols is 4. The molecule has 6 N–H and O–H groups in total. The van der Waals surface area contributed by atoms with Gasteiger partial charge in [0.25, 0.3) is 0 Å². The van der Waals surface area contributed by atoms with Crippen LogP contribution in [0.5, 0.6) is 34.5 Å². The standard InChI is InChI=1S/C34H22O9/c35-19-13-9-17(10-14-19)25-27(33(39)40)31(23-7-3-1-5-21(23)29(25)37)43-32-24-8-4-2-6-22(24)30(38)26(28(32)34(41)42)18-11-15-20(36)16-12-18/h1-16,35-38H,(H,39,40)(H,41,42). The zero-order valence-electron chi connectivity index (χ0n) is 22.1. The van der Waals surface area contributed by atoms with Crippen LogP contribution in [0.2, 0.25) is 0 Å². The molecule has 0 radical (unpaired) electrons. The molecule has 0 fully saturated rings. The number of hydrogen-bond acceptors (Lipinski definition) is 7. The van der Waals surface area contributed by atoms with Gasteiger partial charge in [-0.2, -0.15) is 0 Å². The van der Waals surface area contributed by atoms with Crippen molar-refractivity contribution >= 4 is 33.5 Å². The van der Waals surface area contributed by atoms with Gasteiger partial charge in [-0.1, -0.05) is 72.8 Å². The summed E-state index contributed by atoms with van der Waals surface area (Å²) in [7, 11) is 0. The maximum atomic E-state index is 12.9. The fourth-order valence-corrected chi connectivity index (χ4v) is 5.32. The Balaban J connectivity index is 1.75. The molecule has 0 aromatic heterocycles. The Morgan fingerprint density at radius 1 is 0.465 bits per heavy atom. The molecule has 6 aromatic carbocycles. The molecule has 0 bridgehead atoms. The summed E-state index contributed by atoms with van der Waals surface area (Å²) in [5, 5.41) is 64.2. The molecule has 212 valence electrons. The van der Waals surface area contributed by atoms with Crippen LogP contribution in [0.4, 0.5) is 0 Å². The molecule has 0 spiro atoms. The van der Waals surface area contributed by atoms with E-state index in [1.807, 2.05) is 0 Å². The van der Waals surface area contributed by atoms with Crippen LogP contribution >= 0.6 is 0 Å². The highest BCUT2D eigenvalue weighted by atomic mass is 16.5. The van der Waals surface area contributed by atoms with Crippen LogP contribution in [0, 0.1) is 0 Å². The predicted molar refractivity (Wildman–Crippen MR) is 159 cm³/mol. The van der Waals surface area contributed by atoms with Crippen LogP contribution in [-0.2, 0) is 0 Å². The molecule has 0 heterocycles.